The zero-order chi connectivity index (χ0) is 19.8. The molecule has 0 saturated heterocycles. The van der Waals surface area contributed by atoms with E-state index >= 15 is 0 Å². The van der Waals surface area contributed by atoms with Gasteiger partial charge in [-0.25, -0.2) is 8.42 Å². The number of para-hydroxylation sites is 1. The fourth-order valence-corrected chi connectivity index (χ4v) is 5.66. The molecule has 1 unspecified atom stereocenters. The van der Waals surface area contributed by atoms with E-state index in [4.69, 9.17) is 0 Å². The summed E-state index contributed by atoms with van der Waals surface area (Å²) >= 11 is 0. The maximum absolute atomic E-state index is 13.2. The second kappa shape index (κ2) is 7.31. The summed E-state index contributed by atoms with van der Waals surface area (Å²) < 4.78 is 29.1. The van der Waals surface area contributed by atoms with Crippen LogP contribution >= 0.6 is 0 Å². The van der Waals surface area contributed by atoms with Crippen molar-refractivity contribution >= 4 is 27.6 Å². The standard InChI is InChI=1S/C22H25NO3S/c1-14-11-16(3)22(17(4)12-14)27(25,26)23-20-8-6-5-7-19(20)21-15(2)9-10-18(21)13-24/h5-8,11-13,18,23H,9-10H2,1-4H3. The molecule has 1 N–H and O–H groups in total. The van der Waals surface area contributed by atoms with E-state index in [1.54, 1.807) is 12.1 Å². The molecule has 0 fully saturated rings. The highest BCUT2D eigenvalue weighted by atomic mass is 32.2. The van der Waals surface area contributed by atoms with Crippen molar-refractivity contribution in [1.82, 2.24) is 0 Å². The van der Waals surface area contributed by atoms with Crippen molar-refractivity contribution in [2.75, 3.05) is 4.72 Å². The number of anilines is 1. The van der Waals surface area contributed by atoms with E-state index in [1.807, 2.05) is 52.0 Å². The minimum atomic E-state index is -3.75. The van der Waals surface area contributed by atoms with Gasteiger partial charge in [-0.05, 0) is 63.3 Å². The number of sulfonamides is 1. The Balaban J connectivity index is 2.08. The first kappa shape index (κ1) is 19.4. The summed E-state index contributed by atoms with van der Waals surface area (Å²) in [5.41, 5.74) is 5.86. The van der Waals surface area contributed by atoms with Gasteiger partial charge in [0.25, 0.3) is 10.0 Å². The van der Waals surface area contributed by atoms with Gasteiger partial charge in [-0.15, -0.1) is 0 Å². The molecule has 0 radical (unpaired) electrons. The highest BCUT2D eigenvalue weighted by Crippen LogP contribution is 2.41. The largest absolute Gasteiger partial charge is 0.303 e. The predicted octanol–water partition coefficient (Wildman–Crippen LogP) is 4.80. The minimum absolute atomic E-state index is 0.182. The van der Waals surface area contributed by atoms with Crippen molar-refractivity contribution in [2.45, 2.75) is 45.4 Å². The summed E-state index contributed by atoms with van der Waals surface area (Å²) in [7, 11) is -3.75. The van der Waals surface area contributed by atoms with Crippen LogP contribution in [0.2, 0.25) is 0 Å². The maximum atomic E-state index is 13.2. The first-order valence-electron chi connectivity index (χ1n) is 9.09. The Bertz CT molecular complexity index is 1010. The van der Waals surface area contributed by atoms with Crippen molar-refractivity contribution in [3.05, 3.63) is 64.2 Å². The molecule has 2 aromatic rings. The van der Waals surface area contributed by atoms with Gasteiger partial charge < -0.3 is 4.79 Å². The fraction of sp³-hybridized carbons (Fsp3) is 0.318. The van der Waals surface area contributed by atoms with Gasteiger partial charge in [-0.1, -0.05) is 41.5 Å². The molecule has 1 aliphatic rings. The molecule has 0 amide bonds. The van der Waals surface area contributed by atoms with E-state index in [9.17, 15) is 13.2 Å². The van der Waals surface area contributed by atoms with Crippen LogP contribution in [0.4, 0.5) is 5.69 Å². The van der Waals surface area contributed by atoms with Crippen LogP contribution in [0.1, 0.15) is 42.0 Å². The monoisotopic (exact) mass is 383 g/mol. The molecule has 0 spiro atoms. The van der Waals surface area contributed by atoms with Crippen LogP contribution in [0.15, 0.2) is 46.9 Å². The lowest BCUT2D eigenvalue weighted by Crippen LogP contribution is -2.17. The number of nitrogens with one attached hydrogen (secondary N) is 1. The Hall–Kier alpha value is -2.40. The van der Waals surface area contributed by atoms with Crippen LogP contribution in [0, 0.1) is 26.7 Å². The molecular formula is C22H25NO3S. The molecule has 5 heteroatoms. The maximum Gasteiger partial charge on any atom is 0.262 e. The van der Waals surface area contributed by atoms with Gasteiger partial charge in [0, 0.05) is 11.5 Å². The number of hydrogen-bond donors (Lipinski definition) is 1. The Kier molecular flexibility index (Phi) is 5.24. The van der Waals surface area contributed by atoms with Crippen LogP contribution in [0.5, 0.6) is 0 Å². The lowest BCUT2D eigenvalue weighted by molar-refractivity contribution is -0.109. The molecule has 0 saturated carbocycles. The second-order valence-corrected chi connectivity index (χ2v) is 8.97. The van der Waals surface area contributed by atoms with E-state index in [0.29, 0.717) is 10.6 Å². The Morgan fingerprint density at radius 2 is 1.67 bits per heavy atom. The number of benzene rings is 2. The molecule has 27 heavy (non-hydrogen) atoms. The zero-order valence-electron chi connectivity index (χ0n) is 16.2. The van der Waals surface area contributed by atoms with Crippen molar-refractivity contribution < 1.29 is 13.2 Å². The summed E-state index contributed by atoms with van der Waals surface area (Å²) in [6.45, 7) is 7.59. The van der Waals surface area contributed by atoms with Crippen molar-refractivity contribution in [3.63, 3.8) is 0 Å². The van der Waals surface area contributed by atoms with Crippen LogP contribution < -0.4 is 4.72 Å². The number of hydrogen-bond acceptors (Lipinski definition) is 3. The van der Waals surface area contributed by atoms with Gasteiger partial charge in [-0.3, -0.25) is 4.72 Å². The third-order valence-corrected chi connectivity index (χ3v) is 6.83. The number of carbonyl (C=O) groups is 1. The normalized spacial score (nSPS) is 17.3. The Labute approximate surface area is 161 Å². The van der Waals surface area contributed by atoms with E-state index in [0.717, 1.165) is 52.5 Å². The van der Waals surface area contributed by atoms with Crippen LogP contribution in [0.3, 0.4) is 0 Å². The smallest absolute Gasteiger partial charge is 0.262 e. The molecule has 0 aliphatic heterocycles. The highest BCUT2D eigenvalue weighted by molar-refractivity contribution is 7.92. The summed E-state index contributed by atoms with van der Waals surface area (Å²) in [6.07, 6.45) is 2.60. The van der Waals surface area contributed by atoms with Crippen molar-refractivity contribution in [2.24, 2.45) is 5.92 Å². The van der Waals surface area contributed by atoms with E-state index in [2.05, 4.69) is 4.72 Å². The third-order valence-electron chi connectivity index (χ3n) is 5.16. The number of rotatable bonds is 5. The van der Waals surface area contributed by atoms with Crippen LogP contribution in [0.25, 0.3) is 5.57 Å². The van der Waals surface area contributed by atoms with Gasteiger partial charge in [0.05, 0.1) is 10.6 Å². The molecule has 0 heterocycles. The average molecular weight is 384 g/mol. The van der Waals surface area contributed by atoms with Gasteiger partial charge in [0.15, 0.2) is 0 Å². The van der Waals surface area contributed by atoms with Crippen LogP contribution in [-0.4, -0.2) is 14.7 Å². The lowest BCUT2D eigenvalue weighted by atomic mass is 9.94. The average Bonchev–Trinajstić information content (AvgIpc) is 2.94. The Morgan fingerprint density at radius 3 is 2.30 bits per heavy atom. The molecule has 3 rings (SSSR count). The van der Waals surface area contributed by atoms with Gasteiger partial charge in [0.1, 0.15) is 6.29 Å². The first-order valence-corrected chi connectivity index (χ1v) is 10.6. The predicted molar refractivity (Wildman–Crippen MR) is 109 cm³/mol. The molecule has 1 atom stereocenters. The molecule has 0 aromatic heterocycles. The first-order chi connectivity index (χ1) is 12.7. The van der Waals surface area contributed by atoms with Crippen molar-refractivity contribution in [1.29, 1.82) is 0 Å². The molecule has 142 valence electrons. The molecular weight excluding hydrogens is 358 g/mol. The van der Waals surface area contributed by atoms with E-state index in [-0.39, 0.29) is 5.92 Å². The lowest BCUT2D eigenvalue weighted by Gasteiger charge is -2.18. The highest BCUT2D eigenvalue weighted by Gasteiger charge is 2.27. The molecule has 2 aromatic carbocycles. The van der Waals surface area contributed by atoms with Gasteiger partial charge in [0.2, 0.25) is 0 Å². The number of carbonyl (C=O) groups excluding carboxylic acids is 1. The molecule has 4 nitrogen and oxygen atoms in total. The summed E-state index contributed by atoms with van der Waals surface area (Å²) in [6, 6.07) is 11.1. The van der Waals surface area contributed by atoms with E-state index in [1.165, 1.54) is 0 Å². The van der Waals surface area contributed by atoms with Crippen LogP contribution in [-0.2, 0) is 14.8 Å². The SMILES string of the molecule is CC1=C(c2ccccc2NS(=O)(=O)c2c(C)cc(C)cc2C)C(C=O)CC1. The third kappa shape index (κ3) is 3.69. The number of aryl methyl sites for hydroxylation is 3. The molecule has 0 bridgehead atoms. The Morgan fingerprint density at radius 1 is 1.04 bits per heavy atom. The van der Waals surface area contributed by atoms with Gasteiger partial charge in [-0.2, -0.15) is 0 Å². The zero-order valence-corrected chi connectivity index (χ0v) is 17.0. The number of allylic oxidation sites excluding steroid dienone is 2. The summed E-state index contributed by atoms with van der Waals surface area (Å²) in [4.78, 5) is 11.8. The fourth-order valence-electron chi connectivity index (χ4n) is 4.13. The minimum Gasteiger partial charge on any atom is -0.303 e. The second-order valence-electron chi connectivity index (χ2n) is 7.35. The van der Waals surface area contributed by atoms with Gasteiger partial charge >= 0.3 is 0 Å². The van der Waals surface area contributed by atoms with E-state index < -0.39 is 10.0 Å². The quantitative estimate of drug-likeness (QED) is 0.755. The summed E-state index contributed by atoms with van der Waals surface area (Å²) in [5, 5.41) is 0. The topological polar surface area (TPSA) is 63.2 Å². The number of aldehydes is 1. The van der Waals surface area contributed by atoms with Crippen molar-refractivity contribution in [3.8, 4) is 0 Å². The summed E-state index contributed by atoms with van der Waals surface area (Å²) in [5.74, 6) is -0.182. The molecule has 1 aliphatic carbocycles.